The lowest BCUT2D eigenvalue weighted by molar-refractivity contribution is -0.120. The van der Waals surface area contributed by atoms with Gasteiger partial charge in [0.1, 0.15) is 4.90 Å². The minimum atomic E-state index is -3.76. The molecule has 12 heteroatoms. The summed E-state index contributed by atoms with van der Waals surface area (Å²) in [6, 6.07) is 4.52. The highest BCUT2D eigenvalue weighted by Crippen LogP contribution is 2.33. The number of anilines is 1. The van der Waals surface area contributed by atoms with Gasteiger partial charge in [-0.3, -0.25) is 4.79 Å². The highest BCUT2D eigenvalue weighted by Gasteiger charge is 2.33. The first kappa shape index (κ1) is 21.8. The third-order valence-corrected chi connectivity index (χ3v) is 8.99. The quantitative estimate of drug-likeness (QED) is 0.496. The Morgan fingerprint density at radius 2 is 2.04 bits per heavy atom. The average molecular weight is 481 g/mol. The van der Waals surface area contributed by atoms with Crippen molar-refractivity contribution in [1.29, 1.82) is 0 Å². The van der Waals surface area contributed by atoms with E-state index in [1.54, 1.807) is 17.8 Å². The molecule has 0 spiro atoms. The molecule has 1 aromatic heterocycles. The molecule has 0 saturated carbocycles. The molecule has 1 amide bonds. The summed E-state index contributed by atoms with van der Waals surface area (Å²) in [6.07, 6.45) is 0.831. The van der Waals surface area contributed by atoms with E-state index in [4.69, 9.17) is 23.2 Å². The van der Waals surface area contributed by atoms with E-state index in [0.717, 1.165) is 10.1 Å². The average Bonchev–Trinajstić information content (AvgIpc) is 3.11. The number of piperidine rings is 1. The Hall–Kier alpha value is -0.910. The summed E-state index contributed by atoms with van der Waals surface area (Å²) in [5, 5.41) is 11.4. The lowest BCUT2D eigenvalue weighted by Gasteiger charge is -2.30. The molecule has 0 unspecified atom stereocenters. The maximum absolute atomic E-state index is 12.9. The summed E-state index contributed by atoms with van der Waals surface area (Å²) < 4.78 is 27.9. The van der Waals surface area contributed by atoms with Crippen molar-refractivity contribution in [1.82, 2.24) is 14.5 Å². The van der Waals surface area contributed by atoms with Gasteiger partial charge >= 0.3 is 0 Å². The molecule has 7 nitrogen and oxygen atoms in total. The van der Waals surface area contributed by atoms with Gasteiger partial charge < -0.3 is 5.32 Å². The maximum Gasteiger partial charge on any atom is 0.244 e. The fraction of sp³-hybridized carbons (Fsp3) is 0.438. The lowest BCUT2D eigenvalue weighted by atomic mass is 9.97. The van der Waals surface area contributed by atoms with Crippen LogP contribution >= 0.6 is 46.3 Å². The number of carbonyl (C=O) groups is 1. The van der Waals surface area contributed by atoms with Gasteiger partial charge in [0.2, 0.25) is 21.1 Å². The minimum absolute atomic E-state index is 0.0145. The number of hydrogen-bond donors (Lipinski definition) is 1. The Labute approximate surface area is 181 Å². The molecule has 2 heterocycles. The number of aromatic nitrogens is 2. The third kappa shape index (κ3) is 4.80. The molecule has 28 heavy (non-hydrogen) atoms. The molecule has 1 N–H and O–H groups in total. The van der Waals surface area contributed by atoms with Crippen LogP contribution in [0.3, 0.4) is 0 Å². The van der Waals surface area contributed by atoms with E-state index in [9.17, 15) is 13.2 Å². The van der Waals surface area contributed by atoms with E-state index >= 15 is 0 Å². The second-order valence-electron chi connectivity index (χ2n) is 6.03. The van der Waals surface area contributed by atoms with Crippen molar-refractivity contribution in [3.05, 3.63) is 28.2 Å². The normalized spacial score (nSPS) is 16.2. The number of hydrogen-bond acceptors (Lipinski definition) is 7. The fourth-order valence-electron chi connectivity index (χ4n) is 2.83. The van der Waals surface area contributed by atoms with Gasteiger partial charge in [-0.2, -0.15) is 4.31 Å². The third-order valence-electron chi connectivity index (χ3n) is 4.26. The van der Waals surface area contributed by atoms with Gasteiger partial charge in [-0.05, 0) is 30.7 Å². The summed E-state index contributed by atoms with van der Waals surface area (Å²) in [7, 11) is -3.76. The van der Waals surface area contributed by atoms with Crippen LogP contribution < -0.4 is 5.32 Å². The molecule has 1 aromatic carbocycles. The Kier molecular flexibility index (Phi) is 7.21. The summed E-state index contributed by atoms with van der Waals surface area (Å²) in [4.78, 5) is 12.5. The Balaban J connectivity index is 1.61. The van der Waals surface area contributed by atoms with Gasteiger partial charge in [-0.1, -0.05) is 59.3 Å². The van der Waals surface area contributed by atoms with Gasteiger partial charge in [0.05, 0.1) is 10.0 Å². The first-order valence-electron chi connectivity index (χ1n) is 8.54. The van der Waals surface area contributed by atoms with E-state index < -0.39 is 10.0 Å². The largest absolute Gasteiger partial charge is 0.300 e. The zero-order valence-corrected chi connectivity index (χ0v) is 18.9. The number of rotatable bonds is 6. The highest BCUT2D eigenvalue weighted by molar-refractivity contribution is 8.01. The molecule has 0 aliphatic carbocycles. The van der Waals surface area contributed by atoms with E-state index in [1.807, 2.05) is 6.92 Å². The van der Waals surface area contributed by atoms with Gasteiger partial charge in [-0.15, -0.1) is 10.2 Å². The van der Waals surface area contributed by atoms with Crippen molar-refractivity contribution in [2.45, 2.75) is 29.0 Å². The number of nitrogens with zero attached hydrogens (tertiary/aromatic N) is 3. The molecule has 152 valence electrons. The molecule has 0 atom stereocenters. The molecule has 1 aliphatic rings. The second-order valence-corrected chi connectivity index (χ2v) is 11.2. The van der Waals surface area contributed by atoms with Gasteiger partial charge in [0.15, 0.2) is 4.34 Å². The number of carbonyl (C=O) groups excluding carboxylic acids is 1. The monoisotopic (exact) mass is 480 g/mol. The maximum atomic E-state index is 12.9. The first-order valence-corrected chi connectivity index (χ1v) is 12.5. The summed E-state index contributed by atoms with van der Waals surface area (Å²) in [5.41, 5.74) is 0. The predicted molar refractivity (Wildman–Crippen MR) is 113 cm³/mol. The Morgan fingerprint density at radius 3 is 2.71 bits per heavy atom. The topological polar surface area (TPSA) is 92.3 Å². The number of nitrogens with one attached hydrogen (secondary N) is 1. The van der Waals surface area contributed by atoms with Crippen LogP contribution in [-0.4, -0.2) is 47.7 Å². The molecular formula is C16H18Cl2N4O3S3. The van der Waals surface area contributed by atoms with E-state index in [-0.39, 0.29) is 39.9 Å². The second kappa shape index (κ2) is 9.27. The molecule has 0 radical (unpaired) electrons. The molecule has 3 rings (SSSR count). The van der Waals surface area contributed by atoms with Crippen molar-refractivity contribution < 1.29 is 13.2 Å². The molecular weight excluding hydrogens is 463 g/mol. The van der Waals surface area contributed by atoms with E-state index in [0.29, 0.717) is 18.0 Å². The van der Waals surface area contributed by atoms with Crippen molar-refractivity contribution in [3.8, 4) is 0 Å². The van der Waals surface area contributed by atoms with E-state index in [1.165, 1.54) is 27.8 Å². The zero-order valence-electron chi connectivity index (χ0n) is 14.9. The summed E-state index contributed by atoms with van der Waals surface area (Å²) >= 11 is 14.9. The number of sulfonamides is 1. The smallest absolute Gasteiger partial charge is 0.244 e. The van der Waals surface area contributed by atoms with Crippen LogP contribution in [0.25, 0.3) is 0 Å². The highest BCUT2D eigenvalue weighted by atomic mass is 35.5. The molecule has 1 saturated heterocycles. The van der Waals surface area contributed by atoms with Crippen LogP contribution in [0.1, 0.15) is 19.8 Å². The van der Waals surface area contributed by atoms with Crippen LogP contribution in [0.2, 0.25) is 10.0 Å². The van der Waals surface area contributed by atoms with Gasteiger partial charge in [-0.25, -0.2) is 8.42 Å². The van der Waals surface area contributed by atoms with Crippen molar-refractivity contribution in [2.24, 2.45) is 5.92 Å². The first-order chi connectivity index (χ1) is 13.3. The summed E-state index contributed by atoms with van der Waals surface area (Å²) in [5.74, 6) is 0.432. The predicted octanol–water partition coefficient (Wildman–Crippen LogP) is 4.00. The zero-order chi connectivity index (χ0) is 20.3. The SMILES string of the molecule is CCSc1nnc(NC(=O)C2CCN(S(=O)(=O)c3cccc(Cl)c3Cl)CC2)s1. The van der Waals surface area contributed by atoms with Crippen LogP contribution in [0.5, 0.6) is 0 Å². The number of halogens is 2. The van der Waals surface area contributed by atoms with Crippen molar-refractivity contribution in [2.75, 3.05) is 24.2 Å². The number of thioether (sulfide) groups is 1. The van der Waals surface area contributed by atoms with Crippen molar-refractivity contribution >= 4 is 67.4 Å². The molecule has 1 aliphatic heterocycles. The molecule has 0 bridgehead atoms. The fourth-order valence-corrected chi connectivity index (χ4v) is 6.69. The Bertz CT molecular complexity index is 960. The lowest BCUT2D eigenvalue weighted by Crippen LogP contribution is -2.41. The summed E-state index contributed by atoms with van der Waals surface area (Å²) in [6.45, 7) is 2.48. The van der Waals surface area contributed by atoms with Gasteiger partial charge in [0.25, 0.3) is 0 Å². The minimum Gasteiger partial charge on any atom is -0.300 e. The van der Waals surface area contributed by atoms with Crippen LogP contribution in [0, 0.1) is 5.92 Å². The van der Waals surface area contributed by atoms with Crippen LogP contribution in [0.15, 0.2) is 27.4 Å². The van der Waals surface area contributed by atoms with Gasteiger partial charge in [0, 0.05) is 19.0 Å². The van der Waals surface area contributed by atoms with Crippen LogP contribution in [-0.2, 0) is 14.8 Å². The number of amides is 1. The van der Waals surface area contributed by atoms with Crippen LogP contribution in [0.4, 0.5) is 5.13 Å². The number of benzene rings is 1. The molecule has 1 fully saturated rings. The molecule has 2 aromatic rings. The standard InChI is InChI=1S/C16H18Cl2N4O3S3/c1-2-26-16-21-20-15(27-16)19-14(23)10-6-8-22(9-7-10)28(24,25)12-5-3-4-11(17)13(12)18/h3-5,10H,2,6-9H2,1H3,(H,19,20,23). The van der Waals surface area contributed by atoms with Crippen molar-refractivity contribution in [3.63, 3.8) is 0 Å². The van der Waals surface area contributed by atoms with E-state index in [2.05, 4.69) is 15.5 Å². The Morgan fingerprint density at radius 1 is 1.32 bits per heavy atom.